The van der Waals surface area contributed by atoms with Crippen molar-refractivity contribution in [2.24, 2.45) is 0 Å². The van der Waals surface area contributed by atoms with Gasteiger partial charge >= 0.3 is 0 Å². The van der Waals surface area contributed by atoms with E-state index in [4.69, 9.17) is 0 Å². The zero-order chi connectivity index (χ0) is 15.3. The number of anilines is 1. The lowest BCUT2D eigenvalue weighted by Gasteiger charge is -2.21. The first-order valence-electron chi connectivity index (χ1n) is 7.39. The molecule has 21 heavy (non-hydrogen) atoms. The molecule has 1 heterocycles. The predicted octanol–water partition coefficient (Wildman–Crippen LogP) is 3.61. The van der Waals surface area contributed by atoms with Crippen LogP contribution >= 0.6 is 0 Å². The highest BCUT2D eigenvalue weighted by molar-refractivity contribution is 5.39. The second-order valence-corrected chi connectivity index (χ2v) is 6.47. The Bertz CT molecular complexity index is 541. The number of pyridine rings is 1. The van der Waals surface area contributed by atoms with E-state index in [0.29, 0.717) is 0 Å². The summed E-state index contributed by atoms with van der Waals surface area (Å²) < 4.78 is 0. The fraction of sp³-hybridized carbons (Fsp3) is 0.389. The third-order valence-electron chi connectivity index (χ3n) is 3.29. The van der Waals surface area contributed by atoms with Gasteiger partial charge in [-0.3, -0.25) is 0 Å². The van der Waals surface area contributed by atoms with Gasteiger partial charge in [0.1, 0.15) is 5.82 Å². The molecule has 0 atom stereocenters. The lowest BCUT2D eigenvalue weighted by molar-refractivity contribution is 0.424. The number of hydrogen-bond acceptors (Lipinski definition) is 3. The number of rotatable bonds is 5. The summed E-state index contributed by atoms with van der Waals surface area (Å²) in [5.74, 6) is 0.998. The second kappa shape index (κ2) is 6.72. The Morgan fingerprint density at radius 1 is 1.00 bits per heavy atom. The Morgan fingerprint density at radius 3 is 2.29 bits per heavy atom. The molecule has 3 heteroatoms. The van der Waals surface area contributed by atoms with Gasteiger partial charge in [-0.2, -0.15) is 0 Å². The van der Waals surface area contributed by atoms with Crippen molar-refractivity contribution in [1.82, 2.24) is 10.3 Å². The SMILES string of the molecule is CN(Cc1ccccc1)c1ccc(CNC(C)(C)C)cn1. The van der Waals surface area contributed by atoms with E-state index in [9.17, 15) is 0 Å². The molecule has 2 rings (SSSR count). The van der Waals surface area contributed by atoms with Crippen LogP contribution < -0.4 is 10.2 Å². The molecule has 0 aliphatic rings. The van der Waals surface area contributed by atoms with Gasteiger partial charge in [-0.05, 0) is 38.0 Å². The first-order chi connectivity index (χ1) is 9.94. The summed E-state index contributed by atoms with van der Waals surface area (Å²) in [6, 6.07) is 14.7. The summed E-state index contributed by atoms with van der Waals surface area (Å²) in [7, 11) is 2.07. The van der Waals surface area contributed by atoms with Gasteiger partial charge in [0, 0.05) is 31.9 Å². The van der Waals surface area contributed by atoms with Crippen LogP contribution in [0.15, 0.2) is 48.7 Å². The molecule has 0 bridgehead atoms. The Morgan fingerprint density at radius 2 is 1.71 bits per heavy atom. The maximum atomic E-state index is 4.56. The standard InChI is InChI=1S/C18H25N3/c1-18(2,3)20-13-16-10-11-17(19-12-16)21(4)14-15-8-6-5-7-9-15/h5-12,20H,13-14H2,1-4H3. The highest BCUT2D eigenvalue weighted by atomic mass is 15.2. The molecule has 0 radical (unpaired) electrons. The van der Waals surface area contributed by atoms with Crippen molar-refractivity contribution in [3.8, 4) is 0 Å². The van der Waals surface area contributed by atoms with Crippen LogP contribution in [0.2, 0.25) is 0 Å². The number of nitrogens with one attached hydrogen (secondary N) is 1. The molecule has 112 valence electrons. The van der Waals surface area contributed by atoms with Gasteiger partial charge in [0.25, 0.3) is 0 Å². The minimum atomic E-state index is 0.128. The lowest BCUT2D eigenvalue weighted by atomic mass is 10.1. The molecule has 0 saturated heterocycles. The van der Waals surface area contributed by atoms with E-state index in [2.05, 4.69) is 79.4 Å². The number of aromatic nitrogens is 1. The monoisotopic (exact) mass is 283 g/mol. The molecular formula is C18H25N3. The second-order valence-electron chi connectivity index (χ2n) is 6.47. The first-order valence-corrected chi connectivity index (χ1v) is 7.39. The largest absolute Gasteiger partial charge is 0.355 e. The predicted molar refractivity (Wildman–Crippen MR) is 89.4 cm³/mol. The quantitative estimate of drug-likeness (QED) is 0.908. The molecule has 3 nitrogen and oxygen atoms in total. The Kier molecular flexibility index (Phi) is 4.97. The van der Waals surface area contributed by atoms with E-state index in [1.54, 1.807) is 0 Å². The molecule has 1 aromatic heterocycles. The Balaban J connectivity index is 1.95. The molecule has 0 spiro atoms. The molecule has 0 aliphatic carbocycles. The molecule has 0 aliphatic heterocycles. The van der Waals surface area contributed by atoms with Crippen LogP contribution in [0.1, 0.15) is 31.9 Å². The highest BCUT2D eigenvalue weighted by Gasteiger charge is 2.09. The third-order valence-corrected chi connectivity index (χ3v) is 3.29. The van der Waals surface area contributed by atoms with Crippen molar-refractivity contribution in [2.75, 3.05) is 11.9 Å². The zero-order valence-electron chi connectivity index (χ0n) is 13.4. The van der Waals surface area contributed by atoms with Crippen molar-refractivity contribution in [3.63, 3.8) is 0 Å². The van der Waals surface area contributed by atoms with E-state index in [1.807, 2.05) is 12.3 Å². The summed E-state index contributed by atoms with van der Waals surface area (Å²) in [6.07, 6.45) is 1.95. The number of benzene rings is 1. The lowest BCUT2D eigenvalue weighted by Crippen LogP contribution is -2.35. The van der Waals surface area contributed by atoms with Crippen molar-refractivity contribution >= 4 is 5.82 Å². The average molecular weight is 283 g/mol. The molecule has 0 amide bonds. The minimum absolute atomic E-state index is 0.128. The van der Waals surface area contributed by atoms with E-state index in [1.165, 1.54) is 11.1 Å². The molecule has 1 aromatic carbocycles. The Hall–Kier alpha value is -1.87. The van der Waals surface area contributed by atoms with Gasteiger partial charge in [0.05, 0.1) is 0 Å². The van der Waals surface area contributed by atoms with Crippen LogP contribution in [0.25, 0.3) is 0 Å². The van der Waals surface area contributed by atoms with Crippen LogP contribution in [-0.4, -0.2) is 17.6 Å². The maximum Gasteiger partial charge on any atom is 0.128 e. The number of hydrogen-bond donors (Lipinski definition) is 1. The first kappa shape index (κ1) is 15.5. The fourth-order valence-electron chi connectivity index (χ4n) is 2.05. The summed E-state index contributed by atoms with van der Waals surface area (Å²) in [5, 5.41) is 3.47. The van der Waals surface area contributed by atoms with Crippen LogP contribution in [0.5, 0.6) is 0 Å². The zero-order valence-corrected chi connectivity index (χ0v) is 13.4. The van der Waals surface area contributed by atoms with E-state index >= 15 is 0 Å². The van der Waals surface area contributed by atoms with Gasteiger partial charge < -0.3 is 10.2 Å². The molecule has 1 N–H and O–H groups in total. The van der Waals surface area contributed by atoms with Crippen LogP contribution in [0, 0.1) is 0 Å². The van der Waals surface area contributed by atoms with Gasteiger partial charge in [-0.15, -0.1) is 0 Å². The van der Waals surface area contributed by atoms with Crippen molar-refractivity contribution in [2.45, 2.75) is 39.4 Å². The summed E-state index contributed by atoms with van der Waals surface area (Å²) in [4.78, 5) is 6.72. The van der Waals surface area contributed by atoms with E-state index in [-0.39, 0.29) is 5.54 Å². The van der Waals surface area contributed by atoms with Gasteiger partial charge in [-0.25, -0.2) is 4.98 Å². The normalized spacial score (nSPS) is 11.4. The average Bonchev–Trinajstić information content (AvgIpc) is 2.46. The molecule has 2 aromatic rings. The van der Waals surface area contributed by atoms with Crippen LogP contribution in [0.3, 0.4) is 0 Å². The van der Waals surface area contributed by atoms with Crippen LogP contribution in [-0.2, 0) is 13.1 Å². The Labute approximate surface area is 128 Å². The number of nitrogens with zero attached hydrogens (tertiary/aromatic N) is 2. The van der Waals surface area contributed by atoms with Gasteiger partial charge in [-0.1, -0.05) is 36.4 Å². The third kappa shape index (κ3) is 5.20. The van der Waals surface area contributed by atoms with Gasteiger partial charge in [0.15, 0.2) is 0 Å². The van der Waals surface area contributed by atoms with Crippen LogP contribution in [0.4, 0.5) is 5.82 Å². The van der Waals surface area contributed by atoms with Crippen molar-refractivity contribution in [3.05, 3.63) is 59.8 Å². The summed E-state index contributed by atoms with van der Waals surface area (Å²) in [6.45, 7) is 8.22. The smallest absolute Gasteiger partial charge is 0.128 e. The van der Waals surface area contributed by atoms with Crippen molar-refractivity contribution < 1.29 is 0 Å². The topological polar surface area (TPSA) is 28.2 Å². The van der Waals surface area contributed by atoms with Gasteiger partial charge in [0.2, 0.25) is 0 Å². The molecular weight excluding hydrogens is 258 g/mol. The highest BCUT2D eigenvalue weighted by Crippen LogP contribution is 2.13. The minimum Gasteiger partial charge on any atom is -0.355 e. The van der Waals surface area contributed by atoms with Crippen molar-refractivity contribution in [1.29, 1.82) is 0 Å². The molecule has 0 unspecified atom stereocenters. The maximum absolute atomic E-state index is 4.56. The van der Waals surface area contributed by atoms with E-state index in [0.717, 1.165) is 18.9 Å². The fourth-order valence-corrected chi connectivity index (χ4v) is 2.05. The summed E-state index contributed by atoms with van der Waals surface area (Å²) in [5.41, 5.74) is 2.63. The molecule has 0 saturated carbocycles. The summed E-state index contributed by atoms with van der Waals surface area (Å²) >= 11 is 0. The molecule has 0 fully saturated rings. The van der Waals surface area contributed by atoms with E-state index < -0.39 is 0 Å².